The Balaban J connectivity index is 1.57. The average molecular weight is 399 g/mol. The van der Waals surface area contributed by atoms with Gasteiger partial charge in [0.25, 0.3) is 5.91 Å². The van der Waals surface area contributed by atoms with E-state index in [1.807, 2.05) is 38.1 Å². The van der Waals surface area contributed by atoms with E-state index < -0.39 is 0 Å². The number of carbonyl (C=O) groups is 1. The fraction of sp³-hybridized carbons (Fsp3) is 0.455. The maximum atomic E-state index is 12.8. The normalized spacial score (nSPS) is 15.5. The monoisotopic (exact) mass is 398 g/mol. The van der Waals surface area contributed by atoms with Gasteiger partial charge >= 0.3 is 0 Å². The van der Waals surface area contributed by atoms with Crippen LogP contribution in [0.2, 0.25) is 0 Å². The first-order valence-electron chi connectivity index (χ1n) is 10.2. The molecule has 7 heteroatoms. The first-order valence-corrected chi connectivity index (χ1v) is 10.2. The van der Waals surface area contributed by atoms with E-state index in [1.54, 1.807) is 18.3 Å². The molecular formula is C22H30N4O3. The largest absolute Gasteiger partial charge is 0.494 e. The molecule has 3 rings (SSSR count). The van der Waals surface area contributed by atoms with Crippen molar-refractivity contribution in [2.75, 3.05) is 44.8 Å². The van der Waals surface area contributed by atoms with Crippen molar-refractivity contribution in [2.24, 2.45) is 0 Å². The van der Waals surface area contributed by atoms with Gasteiger partial charge in [0.05, 0.1) is 25.4 Å². The lowest BCUT2D eigenvalue weighted by molar-refractivity contribution is 0.0363. The fourth-order valence-electron chi connectivity index (χ4n) is 3.20. The Bertz CT molecular complexity index is 776. The van der Waals surface area contributed by atoms with Crippen molar-refractivity contribution in [3.8, 4) is 5.75 Å². The number of aromatic nitrogens is 1. The molecule has 2 aromatic rings. The van der Waals surface area contributed by atoms with Gasteiger partial charge in [-0.25, -0.2) is 4.98 Å². The second-order valence-corrected chi connectivity index (χ2v) is 7.10. The Labute approximate surface area is 172 Å². The molecule has 0 saturated carbocycles. The van der Waals surface area contributed by atoms with Crippen LogP contribution in [0.5, 0.6) is 5.75 Å². The lowest BCUT2D eigenvalue weighted by Gasteiger charge is -2.27. The van der Waals surface area contributed by atoms with Crippen LogP contribution in [-0.2, 0) is 4.74 Å². The highest BCUT2D eigenvalue weighted by atomic mass is 16.5. The topological polar surface area (TPSA) is 75.7 Å². The predicted octanol–water partition coefficient (Wildman–Crippen LogP) is 3.06. The van der Waals surface area contributed by atoms with Crippen molar-refractivity contribution in [3.63, 3.8) is 0 Å². The van der Waals surface area contributed by atoms with Gasteiger partial charge in [-0.1, -0.05) is 0 Å². The summed E-state index contributed by atoms with van der Waals surface area (Å²) in [5.41, 5.74) is 1.38. The summed E-state index contributed by atoms with van der Waals surface area (Å²) in [5, 5.41) is 6.32. The molecule has 1 aliphatic heterocycles. The molecule has 1 amide bonds. The number of hydrogen-bond donors (Lipinski definition) is 2. The van der Waals surface area contributed by atoms with Crippen molar-refractivity contribution in [1.29, 1.82) is 0 Å². The van der Waals surface area contributed by atoms with Crippen molar-refractivity contribution < 1.29 is 14.3 Å². The van der Waals surface area contributed by atoms with Gasteiger partial charge in [0.15, 0.2) is 0 Å². The van der Waals surface area contributed by atoms with Crippen LogP contribution in [0.15, 0.2) is 42.6 Å². The summed E-state index contributed by atoms with van der Waals surface area (Å²) >= 11 is 0. The Hall–Kier alpha value is -2.64. The summed E-state index contributed by atoms with van der Waals surface area (Å²) in [6.07, 6.45) is 2.57. The zero-order chi connectivity index (χ0) is 20.5. The molecular weight excluding hydrogens is 368 g/mol. The second kappa shape index (κ2) is 10.8. The van der Waals surface area contributed by atoms with Crippen LogP contribution >= 0.6 is 0 Å². The maximum Gasteiger partial charge on any atom is 0.255 e. The molecule has 29 heavy (non-hydrogen) atoms. The van der Waals surface area contributed by atoms with Gasteiger partial charge in [-0.2, -0.15) is 0 Å². The minimum atomic E-state index is -0.124. The van der Waals surface area contributed by atoms with Crippen molar-refractivity contribution >= 4 is 17.4 Å². The van der Waals surface area contributed by atoms with Crippen LogP contribution in [0.4, 0.5) is 11.5 Å². The number of anilines is 2. The highest BCUT2D eigenvalue weighted by molar-refractivity contribution is 5.99. The highest BCUT2D eigenvalue weighted by Crippen LogP contribution is 2.21. The standard InChI is InChI=1S/C22H30N4O3/c1-3-29-19-8-6-18(7-9-19)25-21-20(5-4-11-23-21)22(27)24-17(2)10-12-26-13-15-28-16-14-26/h4-9,11,17H,3,10,12-16H2,1-2H3,(H,23,25)(H,24,27). The quantitative estimate of drug-likeness (QED) is 0.676. The van der Waals surface area contributed by atoms with Crippen LogP contribution in [0.3, 0.4) is 0 Å². The molecule has 1 saturated heterocycles. The van der Waals surface area contributed by atoms with Crippen molar-refractivity contribution in [2.45, 2.75) is 26.3 Å². The number of hydrogen-bond acceptors (Lipinski definition) is 6. The van der Waals surface area contributed by atoms with Gasteiger partial charge in [-0.3, -0.25) is 9.69 Å². The molecule has 2 N–H and O–H groups in total. The smallest absolute Gasteiger partial charge is 0.255 e. The summed E-state index contributed by atoms with van der Waals surface area (Å²) in [7, 11) is 0. The van der Waals surface area contributed by atoms with E-state index in [0.29, 0.717) is 18.0 Å². The van der Waals surface area contributed by atoms with E-state index in [4.69, 9.17) is 9.47 Å². The van der Waals surface area contributed by atoms with Gasteiger partial charge in [0, 0.05) is 37.6 Å². The van der Waals surface area contributed by atoms with Gasteiger partial charge in [0.1, 0.15) is 11.6 Å². The minimum absolute atomic E-state index is 0.0730. The number of morpholine rings is 1. The average Bonchev–Trinajstić information content (AvgIpc) is 2.75. The molecule has 1 aromatic heterocycles. The zero-order valence-corrected chi connectivity index (χ0v) is 17.2. The van der Waals surface area contributed by atoms with Gasteiger partial charge in [-0.15, -0.1) is 0 Å². The Morgan fingerprint density at radius 2 is 2.00 bits per heavy atom. The molecule has 7 nitrogen and oxygen atoms in total. The zero-order valence-electron chi connectivity index (χ0n) is 17.2. The van der Waals surface area contributed by atoms with E-state index >= 15 is 0 Å². The molecule has 1 aromatic carbocycles. The van der Waals surface area contributed by atoms with Crippen LogP contribution in [0.25, 0.3) is 0 Å². The molecule has 0 aliphatic carbocycles. The highest BCUT2D eigenvalue weighted by Gasteiger charge is 2.16. The summed E-state index contributed by atoms with van der Waals surface area (Å²) in [6, 6.07) is 11.2. The molecule has 0 bridgehead atoms. The lowest BCUT2D eigenvalue weighted by Crippen LogP contribution is -2.40. The number of pyridine rings is 1. The molecule has 0 spiro atoms. The molecule has 1 aliphatic rings. The van der Waals surface area contributed by atoms with Crippen LogP contribution in [-0.4, -0.2) is 61.3 Å². The van der Waals surface area contributed by atoms with Gasteiger partial charge in [-0.05, 0) is 56.7 Å². The fourth-order valence-corrected chi connectivity index (χ4v) is 3.20. The molecule has 1 unspecified atom stereocenters. The number of benzene rings is 1. The Morgan fingerprint density at radius 1 is 1.24 bits per heavy atom. The molecule has 1 fully saturated rings. The lowest BCUT2D eigenvalue weighted by atomic mass is 10.1. The Morgan fingerprint density at radius 3 is 2.72 bits per heavy atom. The second-order valence-electron chi connectivity index (χ2n) is 7.10. The number of ether oxygens (including phenoxy) is 2. The van der Waals surface area contributed by atoms with E-state index in [1.165, 1.54) is 0 Å². The number of amides is 1. The summed E-state index contributed by atoms with van der Waals surface area (Å²) < 4.78 is 10.8. The third-order valence-electron chi connectivity index (χ3n) is 4.84. The minimum Gasteiger partial charge on any atom is -0.494 e. The maximum absolute atomic E-state index is 12.8. The van der Waals surface area contributed by atoms with Crippen molar-refractivity contribution in [1.82, 2.24) is 15.2 Å². The van der Waals surface area contributed by atoms with Crippen LogP contribution < -0.4 is 15.4 Å². The molecule has 1 atom stereocenters. The first-order chi connectivity index (χ1) is 14.2. The van der Waals surface area contributed by atoms with E-state index in [0.717, 1.165) is 50.7 Å². The van der Waals surface area contributed by atoms with Crippen LogP contribution in [0, 0.1) is 0 Å². The molecule has 156 valence electrons. The first kappa shape index (κ1) is 21.1. The van der Waals surface area contributed by atoms with Crippen molar-refractivity contribution in [3.05, 3.63) is 48.2 Å². The van der Waals surface area contributed by atoms with Gasteiger partial charge in [0.2, 0.25) is 0 Å². The van der Waals surface area contributed by atoms with Crippen LogP contribution in [0.1, 0.15) is 30.6 Å². The SMILES string of the molecule is CCOc1ccc(Nc2ncccc2C(=O)NC(C)CCN2CCOCC2)cc1. The van der Waals surface area contributed by atoms with E-state index in [-0.39, 0.29) is 11.9 Å². The number of rotatable bonds is 9. The summed E-state index contributed by atoms with van der Waals surface area (Å²) in [6.45, 7) is 9.06. The summed E-state index contributed by atoms with van der Waals surface area (Å²) in [5.74, 6) is 1.22. The number of nitrogens with zero attached hydrogens (tertiary/aromatic N) is 2. The summed E-state index contributed by atoms with van der Waals surface area (Å²) in [4.78, 5) is 19.5. The Kier molecular flexibility index (Phi) is 7.84. The van der Waals surface area contributed by atoms with E-state index in [9.17, 15) is 4.79 Å². The van der Waals surface area contributed by atoms with Gasteiger partial charge < -0.3 is 20.1 Å². The molecule has 2 heterocycles. The number of nitrogens with one attached hydrogen (secondary N) is 2. The van der Waals surface area contributed by atoms with E-state index in [2.05, 4.69) is 20.5 Å². The third-order valence-corrected chi connectivity index (χ3v) is 4.84. The number of carbonyl (C=O) groups excluding carboxylic acids is 1. The molecule has 0 radical (unpaired) electrons. The predicted molar refractivity (Wildman–Crippen MR) is 114 cm³/mol. The third kappa shape index (κ3) is 6.44.